The largest absolute Gasteiger partial charge is 0.368 e. The molecule has 2 aliphatic heterocycles. The minimum atomic E-state index is -4.69. The fourth-order valence-corrected chi connectivity index (χ4v) is 7.60. The predicted octanol–water partition coefficient (Wildman–Crippen LogP) is 2.24. The summed E-state index contributed by atoms with van der Waals surface area (Å²) in [5.41, 5.74) is 5.63. The molecule has 3 unspecified atom stereocenters. The van der Waals surface area contributed by atoms with Gasteiger partial charge in [-0.05, 0) is 49.7 Å². The number of piperazine rings is 1. The Morgan fingerprint density at radius 2 is 1.84 bits per heavy atom. The van der Waals surface area contributed by atoms with Crippen molar-refractivity contribution in [1.29, 1.82) is 0 Å². The van der Waals surface area contributed by atoms with Crippen LogP contribution in [-0.4, -0.2) is 65.6 Å². The van der Waals surface area contributed by atoms with Crippen LogP contribution in [0, 0.1) is 11.6 Å². The van der Waals surface area contributed by atoms with Gasteiger partial charge in [-0.1, -0.05) is 29.3 Å². The normalized spacial score (nSPS) is 24.1. The molecule has 0 radical (unpaired) electrons. The van der Waals surface area contributed by atoms with Crippen molar-refractivity contribution in [2.24, 2.45) is 5.73 Å². The van der Waals surface area contributed by atoms with E-state index < -0.39 is 80.2 Å². The van der Waals surface area contributed by atoms with Crippen molar-refractivity contribution in [2.45, 2.75) is 54.7 Å². The maximum atomic E-state index is 14.4. The van der Waals surface area contributed by atoms with Crippen LogP contribution in [0.4, 0.5) is 8.78 Å². The van der Waals surface area contributed by atoms with Crippen LogP contribution in [0.15, 0.2) is 41.3 Å². The Balaban J connectivity index is 1.96. The molecule has 3 amide bonds. The number of nitrogens with two attached hydrogens (primary N) is 1. The van der Waals surface area contributed by atoms with E-state index in [2.05, 4.69) is 5.32 Å². The molecule has 0 aliphatic carbocycles. The first kappa shape index (κ1) is 28.2. The highest BCUT2D eigenvalue weighted by Gasteiger charge is 2.64. The van der Waals surface area contributed by atoms with E-state index in [-0.39, 0.29) is 22.0 Å². The number of amides is 3. The van der Waals surface area contributed by atoms with E-state index in [1.54, 1.807) is 13.8 Å². The lowest BCUT2D eigenvalue weighted by atomic mass is 9.95. The van der Waals surface area contributed by atoms with Gasteiger partial charge in [-0.15, -0.1) is 0 Å². The molecule has 3 atom stereocenters. The number of halogens is 4. The molecule has 0 saturated carbocycles. The molecule has 0 bridgehead atoms. The van der Waals surface area contributed by atoms with Crippen LogP contribution in [0.25, 0.3) is 0 Å². The molecule has 4 rings (SSSR count). The highest BCUT2D eigenvalue weighted by atomic mass is 35.5. The third kappa shape index (κ3) is 4.63. The lowest BCUT2D eigenvalue weighted by Gasteiger charge is -2.57. The molecule has 14 heteroatoms. The van der Waals surface area contributed by atoms with Gasteiger partial charge in [-0.2, -0.15) is 0 Å². The number of hydrogen-bond acceptors (Lipinski definition) is 6. The topological polar surface area (TPSA) is 130 Å². The summed E-state index contributed by atoms with van der Waals surface area (Å²) in [4.78, 5) is 38.8. The summed E-state index contributed by atoms with van der Waals surface area (Å²) in [5, 5.41) is 2.66. The highest BCUT2D eigenvalue weighted by molar-refractivity contribution is 7.93. The molecule has 9 nitrogen and oxygen atoms in total. The summed E-state index contributed by atoms with van der Waals surface area (Å²) in [7, 11) is -4.69. The van der Waals surface area contributed by atoms with E-state index in [4.69, 9.17) is 28.9 Å². The number of fused-ring (bicyclic) bond motifs is 1. The third-order valence-corrected chi connectivity index (χ3v) is 9.64. The number of primary amides is 1. The maximum absolute atomic E-state index is 14.4. The minimum Gasteiger partial charge on any atom is -0.368 e. The minimum absolute atomic E-state index is 0.147. The lowest BCUT2D eigenvalue weighted by Crippen LogP contribution is -2.83. The van der Waals surface area contributed by atoms with E-state index in [1.165, 1.54) is 23.1 Å². The second kappa shape index (κ2) is 10.1. The Bertz CT molecular complexity index is 1440. The average molecular weight is 589 g/mol. The average Bonchev–Trinajstić information content (AvgIpc) is 2.82. The first-order chi connectivity index (χ1) is 17.7. The van der Waals surface area contributed by atoms with Gasteiger partial charge in [0.15, 0.2) is 11.6 Å². The van der Waals surface area contributed by atoms with Gasteiger partial charge in [0, 0.05) is 17.5 Å². The molecule has 2 aromatic carbocycles. The van der Waals surface area contributed by atoms with Gasteiger partial charge in [0.05, 0.1) is 28.9 Å². The van der Waals surface area contributed by atoms with Crippen LogP contribution in [0.1, 0.15) is 25.8 Å². The molecule has 2 aromatic rings. The summed E-state index contributed by atoms with van der Waals surface area (Å²) in [6.07, 6.45) is -0.857. The van der Waals surface area contributed by atoms with Crippen molar-refractivity contribution in [1.82, 2.24) is 15.1 Å². The molecule has 3 N–H and O–H groups in total. The molecular formula is C24H24Cl2F2N4O5S. The van der Waals surface area contributed by atoms with Crippen LogP contribution < -0.4 is 11.1 Å². The SMILES string of the molecule is CC(C)N1CC2(S(=O)(=O)c3ccc(Cl)cc3Cl)NC(C(N)=O)CC(=O)N2C(Cc2ccc(F)c(F)c2)C1=O. The highest BCUT2D eigenvalue weighted by Crippen LogP contribution is 2.41. The van der Waals surface area contributed by atoms with Crippen LogP contribution in [0.3, 0.4) is 0 Å². The van der Waals surface area contributed by atoms with Crippen molar-refractivity contribution in [3.63, 3.8) is 0 Å². The number of nitrogens with zero attached hydrogens (tertiary/aromatic N) is 2. The van der Waals surface area contributed by atoms with Crippen LogP contribution in [0.5, 0.6) is 0 Å². The van der Waals surface area contributed by atoms with Crippen molar-refractivity contribution in [3.05, 3.63) is 63.6 Å². The van der Waals surface area contributed by atoms with E-state index in [9.17, 15) is 31.6 Å². The monoisotopic (exact) mass is 588 g/mol. The number of rotatable bonds is 6. The van der Waals surface area contributed by atoms with E-state index in [0.717, 1.165) is 23.1 Å². The van der Waals surface area contributed by atoms with Gasteiger partial charge >= 0.3 is 0 Å². The lowest BCUT2D eigenvalue weighted by molar-refractivity contribution is -0.167. The molecular weight excluding hydrogens is 565 g/mol. The second-order valence-electron chi connectivity index (χ2n) is 9.46. The van der Waals surface area contributed by atoms with Gasteiger partial charge in [0.1, 0.15) is 6.04 Å². The molecule has 2 fully saturated rings. The van der Waals surface area contributed by atoms with Crippen LogP contribution >= 0.6 is 23.2 Å². The Labute approximate surface area is 227 Å². The molecule has 2 saturated heterocycles. The third-order valence-electron chi connectivity index (χ3n) is 6.71. The Hall–Kier alpha value is -2.80. The van der Waals surface area contributed by atoms with Crippen molar-refractivity contribution < 1.29 is 31.6 Å². The molecule has 38 heavy (non-hydrogen) atoms. The maximum Gasteiger partial charge on any atom is 0.246 e. The number of carbonyl (C=O) groups is 3. The number of benzene rings is 2. The van der Waals surface area contributed by atoms with Gasteiger partial charge in [-0.25, -0.2) is 17.2 Å². The quantitative estimate of drug-likeness (QED) is 0.532. The van der Waals surface area contributed by atoms with Crippen LogP contribution in [0.2, 0.25) is 10.0 Å². The summed E-state index contributed by atoms with van der Waals surface area (Å²) >= 11 is 12.2. The van der Waals surface area contributed by atoms with E-state index >= 15 is 0 Å². The zero-order valence-electron chi connectivity index (χ0n) is 20.3. The number of carbonyl (C=O) groups excluding carboxylic acids is 3. The summed E-state index contributed by atoms with van der Waals surface area (Å²) < 4.78 is 56.3. The Morgan fingerprint density at radius 1 is 1.16 bits per heavy atom. The van der Waals surface area contributed by atoms with Gasteiger partial charge in [0.2, 0.25) is 32.6 Å². The smallest absolute Gasteiger partial charge is 0.246 e. The first-order valence-electron chi connectivity index (χ1n) is 11.5. The van der Waals surface area contributed by atoms with Crippen molar-refractivity contribution in [2.75, 3.05) is 6.54 Å². The molecule has 2 heterocycles. The second-order valence-corrected chi connectivity index (χ2v) is 12.4. The predicted molar refractivity (Wildman–Crippen MR) is 135 cm³/mol. The fourth-order valence-electron chi connectivity index (χ4n) is 4.87. The van der Waals surface area contributed by atoms with Gasteiger partial charge < -0.3 is 10.6 Å². The van der Waals surface area contributed by atoms with Crippen molar-refractivity contribution in [3.8, 4) is 0 Å². The molecule has 204 valence electrons. The molecule has 0 spiro atoms. The number of hydrogen-bond donors (Lipinski definition) is 2. The van der Waals surface area contributed by atoms with E-state index in [1.807, 2.05) is 0 Å². The zero-order valence-corrected chi connectivity index (χ0v) is 22.6. The summed E-state index contributed by atoms with van der Waals surface area (Å²) in [6, 6.07) is 3.26. The van der Waals surface area contributed by atoms with Gasteiger partial charge in [0.25, 0.3) is 0 Å². The van der Waals surface area contributed by atoms with Gasteiger partial charge in [-0.3, -0.25) is 24.6 Å². The molecule has 2 aliphatic rings. The number of nitrogens with one attached hydrogen (secondary N) is 1. The Morgan fingerprint density at radius 3 is 2.42 bits per heavy atom. The molecule has 0 aromatic heterocycles. The van der Waals surface area contributed by atoms with Crippen LogP contribution in [-0.2, 0) is 30.6 Å². The number of sulfone groups is 1. The van der Waals surface area contributed by atoms with E-state index in [0.29, 0.717) is 0 Å². The summed E-state index contributed by atoms with van der Waals surface area (Å²) in [5.74, 6) is -4.70. The standard InChI is InChI=1S/C24H24Cl2F2N4O5S/c1-12(2)31-11-24(38(36,37)20-6-4-14(25)9-15(20)26)30-18(22(29)34)10-21(33)32(24)19(23(31)35)8-13-3-5-16(27)17(28)7-13/h3-7,9,12,18-19,30H,8,10-11H2,1-2H3,(H2,29,34). The zero-order chi connectivity index (χ0) is 28.2. The summed E-state index contributed by atoms with van der Waals surface area (Å²) in [6.45, 7) is 2.73. The first-order valence-corrected chi connectivity index (χ1v) is 13.8. The fraction of sp³-hybridized carbons (Fsp3) is 0.375. The Kier molecular flexibility index (Phi) is 7.47. The van der Waals surface area contributed by atoms with Crippen molar-refractivity contribution >= 4 is 50.8 Å².